The lowest BCUT2D eigenvalue weighted by molar-refractivity contribution is 0.555. The Labute approximate surface area is 112 Å². The van der Waals surface area contributed by atoms with Gasteiger partial charge in [-0.05, 0) is 24.3 Å². The molecule has 4 rings (SSSR count). The van der Waals surface area contributed by atoms with E-state index in [1.807, 2.05) is 34.9 Å². The van der Waals surface area contributed by atoms with Crippen LogP contribution in [0.3, 0.4) is 0 Å². The number of aromatic nitrogens is 3. The van der Waals surface area contributed by atoms with Crippen molar-refractivity contribution >= 4 is 22.6 Å². The zero-order valence-electron chi connectivity index (χ0n) is 10.3. The molecule has 0 atom stereocenters. The van der Waals surface area contributed by atoms with Crippen LogP contribution < -0.4 is 11.5 Å². The fourth-order valence-electron chi connectivity index (χ4n) is 2.32. The predicted molar refractivity (Wildman–Crippen MR) is 75.4 cm³/mol. The van der Waals surface area contributed by atoms with Gasteiger partial charge in [-0.3, -0.25) is 9.38 Å². The van der Waals surface area contributed by atoms with Gasteiger partial charge in [0.25, 0.3) is 0 Å². The molecule has 0 aliphatic carbocycles. The number of rotatable bonds is 1. The number of anilines is 1. The van der Waals surface area contributed by atoms with Gasteiger partial charge in [0.15, 0.2) is 5.58 Å². The molecule has 0 saturated heterocycles. The summed E-state index contributed by atoms with van der Waals surface area (Å²) in [5.74, 6) is 0.0814. The van der Waals surface area contributed by atoms with Crippen LogP contribution >= 0.6 is 0 Å². The van der Waals surface area contributed by atoms with E-state index < -0.39 is 5.76 Å². The number of nitrogens with one attached hydrogen (secondary N) is 1. The maximum absolute atomic E-state index is 11.2. The molecule has 20 heavy (non-hydrogen) atoms. The van der Waals surface area contributed by atoms with Crippen molar-refractivity contribution in [1.82, 2.24) is 14.4 Å². The molecule has 0 aliphatic rings. The third-order valence-corrected chi connectivity index (χ3v) is 3.26. The van der Waals surface area contributed by atoms with Gasteiger partial charge in [0.1, 0.15) is 17.2 Å². The maximum Gasteiger partial charge on any atom is 0.417 e. The van der Waals surface area contributed by atoms with E-state index in [1.165, 1.54) is 0 Å². The molecule has 0 saturated carbocycles. The predicted octanol–water partition coefficient (Wildman–Crippen LogP) is 2.02. The van der Waals surface area contributed by atoms with Gasteiger partial charge in [-0.2, -0.15) is 0 Å². The number of oxazole rings is 1. The zero-order valence-corrected chi connectivity index (χ0v) is 10.3. The fourth-order valence-corrected chi connectivity index (χ4v) is 2.32. The molecule has 0 bridgehead atoms. The minimum Gasteiger partial charge on any atom is -0.408 e. The third-order valence-electron chi connectivity index (χ3n) is 3.26. The van der Waals surface area contributed by atoms with Crippen molar-refractivity contribution in [2.75, 3.05) is 5.73 Å². The van der Waals surface area contributed by atoms with Crippen LogP contribution in [0.25, 0.3) is 28.0 Å². The van der Waals surface area contributed by atoms with Crippen LogP contribution in [0.1, 0.15) is 0 Å². The number of imidazole rings is 1. The average molecular weight is 266 g/mol. The smallest absolute Gasteiger partial charge is 0.408 e. The van der Waals surface area contributed by atoms with Gasteiger partial charge >= 0.3 is 5.76 Å². The van der Waals surface area contributed by atoms with Crippen LogP contribution in [0.2, 0.25) is 0 Å². The highest BCUT2D eigenvalue weighted by Gasteiger charge is 2.12. The lowest BCUT2D eigenvalue weighted by Crippen LogP contribution is -1.93. The molecule has 4 aromatic rings. The Kier molecular flexibility index (Phi) is 2.03. The molecule has 0 fully saturated rings. The molecule has 3 N–H and O–H groups in total. The topological polar surface area (TPSA) is 89.3 Å². The summed E-state index contributed by atoms with van der Waals surface area (Å²) in [5, 5.41) is 0. The lowest BCUT2D eigenvalue weighted by Gasteiger charge is -1.99. The molecule has 98 valence electrons. The molecule has 0 spiro atoms. The number of hydrogen-bond donors (Lipinski definition) is 2. The molecular formula is C14H10N4O2. The van der Waals surface area contributed by atoms with Crippen molar-refractivity contribution in [1.29, 1.82) is 0 Å². The fraction of sp³-hybridized carbons (Fsp3) is 0. The number of benzene rings is 1. The molecule has 6 nitrogen and oxygen atoms in total. The Morgan fingerprint density at radius 1 is 1.25 bits per heavy atom. The highest BCUT2D eigenvalue weighted by atomic mass is 16.4. The molecule has 6 heteroatoms. The summed E-state index contributed by atoms with van der Waals surface area (Å²) in [6, 6.07) is 11.1. The van der Waals surface area contributed by atoms with E-state index >= 15 is 0 Å². The van der Waals surface area contributed by atoms with Crippen molar-refractivity contribution in [2.24, 2.45) is 0 Å². The van der Waals surface area contributed by atoms with Crippen molar-refractivity contribution in [3.05, 3.63) is 53.1 Å². The summed E-state index contributed by atoms with van der Waals surface area (Å²) in [5.41, 5.74) is 9.51. The van der Waals surface area contributed by atoms with Gasteiger partial charge in [-0.25, -0.2) is 9.78 Å². The zero-order chi connectivity index (χ0) is 13.7. The second kappa shape index (κ2) is 3.74. The first-order valence-corrected chi connectivity index (χ1v) is 6.08. The summed E-state index contributed by atoms with van der Waals surface area (Å²) in [6.45, 7) is 0. The van der Waals surface area contributed by atoms with Gasteiger partial charge < -0.3 is 10.2 Å². The van der Waals surface area contributed by atoms with Crippen molar-refractivity contribution < 1.29 is 4.42 Å². The van der Waals surface area contributed by atoms with Crippen molar-refractivity contribution in [3.8, 4) is 11.3 Å². The minimum absolute atomic E-state index is 0.472. The van der Waals surface area contributed by atoms with E-state index in [4.69, 9.17) is 10.2 Å². The number of hydrogen-bond acceptors (Lipinski definition) is 4. The Balaban J connectivity index is 2.00. The van der Waals surface area contributed by atoms with Gasteiger partial charge in [-0.15, -0.1) is 0 Å². The first-order valence-electron chi connectivity index (χ1n) is 6.08. The standard InChI is InChI=1S/C14H10N4O2/c15-13-12(17-11-3-1-2-6-18(11)13)8-4-5-9-10(7-8)20-14(19)16-9/h1-7H,15H2,(H,16,19). The van der Waals surface area contributed by atoms with Crippen LogP contribution in [0.4, 0.5) is 5.82 Å². The molecule has 0 aliphatic heterocycles. The third kappa shape index (κ3) is 1.45. The first kappa shape index (κ1) is 10.9. The summed E-state index contributed by atoms with van der Waals surface area (Å²) in [4.78, 5) is 18.3. The number of nitrogen functional groups attached to an aromatic ring is 1. The quantitative estimate of drug-likeness (QED) is 0.551. The number of aromatic amines is 1. The highest BCUT2D eigenvalue weighted by molar-refractivity contribution is 5.83. The van der Waals surface area contributed by atoms with Gasteiger partial charge in [0.05, 0.1) is 5.52 Å². The van der Waals surface area contributed by atoms with Crippen LogP contribution in [0.15, 0.2) is 51.8 Å². The van der Waals surface area contributed by atoms with E-state index in [2.05, 4.69) is 9.97 Å². The van der Waals surface area contributed by atoms with Crippen molar-refractivity contribution in [2.45, 2.75) is 0 Å². The summed E-state index contributed by atoms with van der Waals surface area (Å²) >= 11 is 0. The van der Waals surface area contributed by atoms with Gasteiger partial charge in [-0.1, -0.05) is 12.1 Å². The van der Waals surface area contributed by atoms with E-state index in [0.29, 0.717) is 22.6 Å². The van der Waals surface area contributed by atoms with Crippen LogP contribution in [0, 0.1) is 0 Å². The highest BCUT2D eigenvalue weighted by Crippen LogP contribution is 2.28. The van der Waals surface area contributed by atoms with Gasteiger partial charge in [0, 0.05) is 11.8 Å². The number of pyridine rings is 1. The van der Waals surface area contributed by atoms with Crippen LogP contribution in [-0.2, 0) is 0 Å². The lowest BCUT2D eigenvalue weighted by atomic mass is 10.1. The normalized spacial score (nSPS) is 11.4. The Morgan fingerprint density at radius 2 is 2.15 bits per heavy atom. The summed E-state index contributed by atoms with van der Waals surface area (Å²) < 4.78 is 6.87. The minimum atomic E-state index is -0.472. The summed E-state index contributed by atoms with van der Waals surface area (Å²) in [7, 11) is 0. The molecule has 0 radical (unpaired) electrons. The molecule has 3 heterocycles. The van der Waals surface area contributed by atoms with E-state index in [-0.39, 0.29) is 0 Å². The summed E-state index contributed by atoms with van der Waals surface area (Å²) in [6.07, 6.45) is 1.86. The second-order valence-electron chi connectivity index (χ2n) is 4.50. The molecular weight excluding hydrogens is 256 g/mol. The Bertz CT molecular complexity index is 993. The van der Waals surface area contributed by atoms with E-state index in [1.54, 1.807) is 12.1 Å². The molecule has 3 aromatic heterocycles. The average Bonchev–Trinajstić information content (AvgIpc) is 2.98. The number of fused-ring (bicyclic) bond motifs is 2. The van der Waals surface area contributed by atoms with E-state index in [0.717, 1.165) is 11.2 Å². The Hall–Kier alpha value is -3.02. The van der Waals surface area contributed by atoms with Crippen LogP contribution in [-0.4, -0.2) is 14.4 Å². The van der Waals surface area contributed by atoms with Gasteiger partial charge in [0.2, 0.25) is 0 Å². The molecule has 0 amide bonds. The Morgan fingerprint density at radius 3 is 3.00 bits per heavy atom. The van der Waals surface area contributed by atoms with Crippen molar-refractivity contribution in [3.63, 3.8) is 0 Å². The van der Waals surface area contributed by atoms with E-state index in [9.17, 15) is 4.79 Å². The molecule has 0 unspecified atom stereocenters. The number of nitrogens with two attached hydrogens (primary N) is 1. The largest absolute Gasteiger partial charge is 0.417 e. The first-order chi connectivity index (χ1) is 9.72. The maximum atomic E-state index is 11.2. The number of H-pyrrole nitrogens is 1. The SMILES string of the molecule is Nc1c(-c2ccc3[nH]c(=O)oc3c2)nc2ccccn12. The van der Waals surface area contributed by atoms with Crippen LogP contribution in [0.5, 0.6) is 0 Å². The second-order valence-corrected chi connectivity index (χ2v) is 4.50. The monoisotopic (exact) mass is 266 g/mol. The number of nitrogens with zero attached hydrogens (tertiary/aromatic N) is 2. The molecule has 1 aromatic carbocycles.